The minimum absolute atomic E-state index is 0.315. The molecule has 7 heteroatoms. The first kappa shape index (κ1) is 15.0. The van der Waals surface area contributed by atoms with Gasteiger partial charge < -0.3 is 5.11 Å². The fourth-order valence-corrected chi connectivity index (χ4v) is 2.88. The zero-order valence-electron chi connectivity index (χ0n) is 11.0. The van der Waals surface area contributed by atoms with E-state index in [1.165, 1.54) is 0 Å². The average Bonchev–Trinajstić information content (AvgIpc) is 2.41. The molecule has 0 spiro atoms. The number of sulfonamides is 1. The monoisotopic (exact) mass is 309 g/mol. The highest BCUT2D eigenvalue weighted by atomic mass is 32.2. The van der Waals surface area contributed by atoms with Crippen LogP contribution in [0.3, 0.4) is 0 Å². The predicted octanol–water partition coefficient (Wildman–Crippen LogP) is 2.63. The van der Waals surface area contributed by atoms with Gasteiger partial charge in [0, 0.05) is 0 Å². The molecule has 2 N–H and O–H groups in total. The maximum atomic E-state index is 13.3. The number of para-hydroxylation sites is 1. The molecular weight excluding hydrogens is 297 g/mol. The lowest BCUT2D eigenvalue weighted by Gasteiger charge is -2.11. The molecule has 0 amide bonds. The van der Waals surface area contributed by atoms with Gasteiger partial charge in [-0.25, -0.2) is 17.6 Å². The van der Waals surface area contributed by atoms with Gasteiger partial charge in [-0.2, -0.15) is 0 Å². The van der Waals surface area contributed by atoms with E-state index in [2.05, 4.69) is 4.72 Å². The van der Waals surface area contributed by atoms with Crippen LogP contribution < -0.4 is 4.72 Å². The maximum Gasteiger partial charge on any atom is 0.338 e. The Balaban J connectivity index is 2.43. The van der Waals surface area contributed by atoms with E-state index in [0.717, 1.165) is 18.2 Å². The van der Waals surface area contributed by atoms with Gasteiger partial charge in [0.1, 0.15) is 5.82 Å². The Bertz CT molecular complexity index is 802. The van der Waals surface area contributed by atoms with E-state index in [9.17, 15) is 17.6 Å². The van der Waals surface area contributed by atoms with Crippen molar-refractivity contribution in [2.75, 3.05) is 4.72 Å². The first-order valence-electron chi connectivity index (χ1n) is 5.92. The minimum atomic E-state index is -3.99. The third kappa shape index (κ3) is 3.19. The summed E-state index contributed by atoms with van der Waals surface area (Å²) in [7, 11) is -3.99. The Labute approximate surface area is 121 Å². The third-order valence-electron chi connectivity index (χ3n) is 2.87. The van der Waals surface area contributed by atoms with Crippen molar-refractivity contribution in [2.45, 2.75) is 11.8 Å². The maximum absolute atomic E-state index is 13.3. The van der Waals surface area contributed by atoms with Gasteiger partial charge in [0.25, 0.3) is 10.0 Å². The van der Waals surface area contributed by atoms with Crippen LogP contribution in [-0.4, -0.2) is 19.5 Å². The number of rotatable bonds is 4. The molecule has 0 aromatic heterocycles. The molecule has 2 rings (SSSR count). The Kier molecular flexibility index (Phi) is 3.95. The van der Waals surface area contributed by atoms with E-state index >= 15 is 0 Å². The number of benzene rings is 2. The summed E-state index contributed by atoms with van der Waals surface area (Å²) in [5.74, 6) is -2.52. The summed E-state index contributed by atoms with van der Waals surface area (Å²) in [6.07, 6.45) is 0. The first-order valence-corrected chi connectivity index (χ1v) is 7.41. The molecule has 0 radical (unpaired) electrons. The Morgan fingerprint density at radius 2 is 1.86 bits per heavy atom. The number of anilines is 1. The molecule has 0 atom stereocenters. The van der Waals surface area contributed by atoms with Crippen LogP contribution in [0.15, 0.2) is 47.4 Å². The number of hydrogen-bond donors (Lipinski definition) is 2. The number of aromatic carboxylic acids is 1. The van der Waals surface area contributed by atoms with Crippen LogP contribution in [0.5, 0.6) is 0 Å². The summed E-state index contributed by atoms with van der Waals surface area (Å²) in [4.78, 5) is 10.5. The van der Waals surface area contributed by atoms with Crippen molar-refractivity contribution in [2.24, 2.45) is 0 Å². The molecule has 5 nitrogen and oxygen atoms in total. The molecule has 0 saturated heterocycles. The van der Waals surface area contributed by atoms with Crippen molar-refractivity contribution in [1.82, 2.24) is 0 Å². The number of carboxylic acid groups (broad SMARTS) is 1. The first-order chi connectivity index (χ1) is 9.81. The smallest absolute Gasteiger partial charge is 0.338 e. The summed E-state index contributed by atoms with van der Waals surface area (Å²) < 4.78 is 40.1. The summed E-state index contributed by atoms with van der Waals surface area (Å²) in [6.45, 7) is 1.73. The van der Waals surface area contributed by atoms with E-state index in [-0.39, 0.29) is 4.90 Å². The van der Waals surface area contributed by atoms with Gasteiger partial charge in [0.15, 0.2) is 0 Å². The lowest BCUT2D eigenvalue weighted by Crippen LogP contribution is -2.15. The molecular formula is C14H12FNO4S. The molecule has 2 aromatic carbocycles. The number of aryl methyl sites for hydroxylation is 1. The van der Waals surface area contributed by atoms with E-state index in [1.54, 1.807) is 31.2 Å². The fourth-order valence-electron chi connectivity index (χ4n) is 1.73. The second kappa shape index (κ2) is 5.53. The molecule has 0 unspecified atom stereocenters. The Morgan fingerprint density at radius 1 is 1.19 bits per heavy atom. The Morgan fingerprint density at radius 3 is 2.48 bits per heavy atom. The zero-order chi connectivity index (χ0) is 15.6. The summed E-state index contributed by atoms with van der Waals surface area (Å²) >= 11 is 0. The minimum Gasteiger partial charge on any atom is -0.478 e. The van der Waals surface area contributed by atoms with Crippen LogP contribution in [0.25, 0.3) is 0 Å². The van der Waals surface area contributed by atoms with Gasteiger partial charge in [-0.3, -0.25) is 4.72 Å². The van der Waals surface area contributed by atoms with Crippen molar-refractivity contribution in [3.05, 3.63) is 59.4 Å². The largest absolute Gasteiger partial charge is 0.478 e. The van der Waals surface area contributed by atoms with Gasteiger partial charge in [0.05, 0.1) is 16.1 Å². The molecule has 0 heterocycles. The number of carboxylic acids is 1. The van der Waals surface area contributed by atoms with E-state index in [4.69, 9.17) is 5.11 Å². The highest BCUT2D eigenvalue weighted by Crippen LogP contribution is 2.21. The molecule has 0 saturated carbocycles. The van der Waals surface area contributed by atoms with Crippen molar-refractivity contribution < 1.29 is 22.7 Å². The summed E-state index contributed by atoms with van der Waals surface area (Å²) in [5, 5.41) is 8.83. The highest BCUT2D eigenvalue weighted by molar-refractivity contribution is 7.92. The van der Waals surface area contributed by atoms with Crippen molar-refractivity contribution in [3.63, 3.8) is 0 Å². The zero-order valence-corrected chi connectivity index (χ0v) is 11.8. The van der Waals surface area contributed by atoms with Crippen LogP contribution >= 0.6 is 0 Å². The van der Waals surface area contributed by atoms with Gasteiger partial charge in [-0.15, -0.1) is 0 Å². The number of hydrogen-bond acceptors (Lipinski definition) is 3. The lowest BCUT2D eigenvalue weighted by molar-refractivity contribution is 0.0691. The number of carbonyl (C=O) groups is 1. The topological polar surface area (TPSA) is 83.5 Å². The average molecular weight is 309 g/mol. The molecule has 0 aliphatic rings. The normalized spacial score (nSPS) is 11.1. The van der Waals surface area contributed by atoms with Crippen LogP contribution in [0.2, 0.25) is 0 Å². The standard InChI is InChI=1S/C14H12FNO4S/c1-9-4-2-3-5-13(9)16-21(19,20)10-6-7-12(15)11(8-10)14(17)18/h2-8,16H,1H3,(H,17,18). The van der Waals surface area contributed by atoms with Crippen molar-refractivity contribution in [1.29, 1.82) is 0 Å². The molecule has 21 heavy (non-hydrogen) atoms. The number of halogens is 1. The van der Waals surface area contributed by atoms with E-state index in [1.807, 2.05) is 0 Å². The molecule has 0 bridgehead atoms. The van der Waals surface area contributed by atoms with Crippen LogP contribution in [0.1, 0.15) is 15.9 Å². The van der Waals surface area contributed by atoms with Gasteiger partial charge in [-0.05, 0) is 36.8 Å². The second-order valence-electron chi connectivity index (χ2n) is 4.37. The molecule has 0 fully saturated rings. The quantitative estimate of drug-likeness (QED) is 0.909. The van der Waals surface area contributed by atoms with Crippen molar-refractivity contribution in [3.8, 4) is 0 Å². The van der Waals surface area contributed by atoms with Crippen LogP contribution in [0.4, 0.5) is 10.1 Å². The van der Waals surface area contributed by atoms with Gasteiger partial charge in [0.2, 0.25) is 0 Å². The molecule has 0 aliphatic heterocycles. The highest BCUT2D eigenvalue weighted by Gasteiger charge is 2.19. The van der Waals surface area contributed by atoms with Gasteiger partial charge in [-0.1, -0.05) is 18.2 Å². The second-order valence-corrected chi connectivity index (χ2v) is 6.05. The van der Waals surface area contributed by atoms with Crippen molar-refractivity contribution >= 4 is 21.7 Å². The molecule has 110 valence electrons. The number of nitrogens with one attached hydrogen (secondary N) is 1. The van der Waals surface area contributed by atoms with Crippen LogP contribution in [-0.2, 0) is 10.0 Å². The SMILES string of the molecule is Cc1ccccc1NS(=O)(=O)c1ccc(F)c(C(=O)O)c1. The third-order valence-corrected chi connectivity index (χ3v) is 4.23. The van der Waals surface area contributed by atoms with Crippen LogP contribution in [0, 0.1) is 12.7 Å². The lowest BCUT2D eigenvalue weighted by atomic mass is 10.2. The molecule has 2 aromatic rings. The summed E-state index contributed by atoms with van der Waals surface area (Å²) in [5.41, 5.74) is 0.392. The predicted molar refractivity (Wildman–Crippen MR) is 75.3 cm³/mol. The van der Waals surface area contributed by atoms with E-state index in [0.29, 0.717) is 11.3 Å². The van der Waals surface area contributed by atoms with E-state index < -0.39 is 27.4 Å². The van der Waals surface area contributed by atoms with Gasteiger partial charge >= 0.3 is 5.97 Å². The fraction of sp³-hybridized carbons (Fsp3) is 0.0714. The molecule has 0 aliphatic carbocycles. The summed E-state index contributed by atoms with van der Waals surface area (Å²) in [6, 6.07) is 9.35. The Hall–Kier alpha value is -2.41.